The molecule has 0 aliphatic carbocycles. The number of aromatic carboxylic acids is 1. The van der Waals surface area contributed by atoms with Gasteiger partial charge >= 0.3 is 5.97 Å². The topological polar surface area (TPSA) is 79.3 Å². The van der Waals surface area contributed by atoms with E-state index in [0.717, 1.165) is 42.5 Å². The lowest BCUT2D eigenvalue weighted by molar-refractivity contribution is -0.116. The fourth-order valence-electron chi connectivity index (χ4n) is 2.80. The van der Waals surface area contributed by atoms with Crippen LogP contribution in [0.3, 0.4) is 0 Å². The van der Waals surface area contributed by atoms with Gasteiger partial charge in [-0.05, 0) is 49.1 Å². The average molecular weight is 310 g/mol. The van der Waals surface area contributed by atoms with Crippen LogP contribution in [-0.2, 0) is 11.2 Å². The number of nitrogens with zero attached hydrogens (tertiary/aromatic N) is 1. The first-order valence-electron chi connectivity index (χ1n) is 7.76. The minimum absolute atomic E-state index is 0.0800. The van der Waals surface area contributed by atoms with Crippen molar-refractivity contribution in [2.45, 2.75) is 32.1 Å². The highest BCUT2D eigenvalue weighted by Crippen LogP contribution is 2.30. The van der Waals surface area contributed by atoms with Gasteiger partial charge in [-0.2, -0.15) is 0 Å². The third-order valence-corrected chi connectivity index (χ3v) is 4.00. The van der Waals surface area contributed by atoms with Crippen LogP contribution in [0.4, 0.5) is 5.69 Å². The molecule has 1 aromatic carbocycles. The Labute approximate surface area is 134 Å². The van der Waals surface area contributed by atoms with Gasteiger partial charge in [0.15, 0.2) is 0 Å². The third kappa shape index (κ3) is 3.56. The first-order valence-corrected chi connectivity index (χ1v) is 7.76. The lowest BCUT2D eigenvalue weighted by Gasteiger charge is -2.14. The zero-order valence-electron chi connectivity index (χ0n) is 12.7. The smallest absolute Gasteiger partial charge is 0.335 e. The van der Waals surface area contributed by atoms with E-state index >= 15 is 0 Å². The van der Waals surface area contributed by atoms with Gasteiger partial charge < -0.3 is 10.4 Å². The molecule has 2 heterocycles. The van der Waals surface area contributed by atoms with Crippen LogP contribution in [0.1, 0.15) is 41.7 Å². The van der Waals surface area contributed by atoms with Crippen LogP contribution in [0.2, 0.25) is 0 Å². The molecule has 0 unspecified atom stereocenters. The highest BCUT2D eigenvalue weighted by atomic mass is 16.4. The maximum atomic E-state index is 12.1. The summed E-state index contributed by atoms with van der Waals surface area (Å²) in [6.45, 7) is 0. The molecule has 2 N–H and O–H groups in total. The molecule has 2 aromatic rings. The van der Waals surface area contributed by atoms with Gasteiger partial charge in [-0.15, -0.1) is 0 Å². The summed E-state index contributed by atoms with van der Waals surface area (Å²) in [4.78, 5) is 27.7. The monoisotopic (exact) mass is 310 g/mol. The van der Waals surface area contributed by atoms with E-state index in [4.69, 9.17) is 0 Å². The molecular weight excluding hydrogens is 292 g/mol. The molecule has 0 atom stereocenters. The number of anilines is 1. The minimum Gasteiger partial charge on any atom is -0.478 e. The SMILES string of the molecule is O=C1CCCCCc2cc(ccn2)-c2ccc(C(=O)O)cc2N1. The molecule has 5 heteroatoms. The van der Waals surface area contributed by atoms with Gasteiger partial charge in [0.1, 0.15) is 0 Å². The minimum atomic E-state index is -1.01. The standard InChI is InChI=1S/C18H18N2O3/c21-17-5-3-1-2-4-14-10-12(8-9-19-14)15-7-6-13(18(22)23)11-16(15)20-17/h6-11H,1-5H2,(H,20,21)(H,22,23). The van der Waals surface area contributed by atoms with Crippen molar-refractivity contribution in [3.63, 3.8) is 0 Å². The fraction of sp³-hybridized carbons (Fsp3) is 0.278. The van der Waals surface area contributed by atoms with Crippen LogP contribution in [-0.4, -0.2) is 22.0 Å². The normalized spacial score (nSPS) is 14.9. The van der Waals surface area contributed by atoms with Crippen molar-refractivity contribution in [3.8, 4) is 11.1 Å². The van der Waals surface area contributed by atoms with E-state index in [1.165, 1.54) is 6.07 Å². The van der Waals surface area contributed by atoms with Crippen LogP contribution in [0.15, 0.2) is 36.5 Å². The zero-order valence-corrected chi connectivity index (χ0v) is 12.7. The number of carboxylic acid groups (broad SMARTS) is 1. The number of nitrogens with one attached hydrogen (secondary N) is 1. The molecule has 0 spiro atoms. The second-order valence-corrected chi connectivity index (χ2v) is 5.71. The summed E-state index contributed by atoms with van der Waals surface area (Å²) in [6, 6.07) is 8.69. The molecule has 0 fully saturated rings. The molecule has 118 valence electrons. The predicted octanol–water partition coefficient (Wildman–Crippen LogP) is 3.50. The van der Waals surface area contributed by atoms with Crippen molar-refractivity contribution in [2.24, 2.45) is 0 Å². The number of benzene rings is 1. The summed E-state index contributed by atoms with van der Waals surface area (Å²) in [6.07, 6.45) is 5.89. The van der Waals surface area contributed by atoms with Gasteiger partial charge in [0.25, 0.3) is 0 Å². The van der Waals surface area contributed by atoms with Crippen molar-refractivity contribution >= 4 is 17.6 Å². The van der Waals surface area contributed by atoms with E-state index in [0.29, 0.717) is 12.1 Å². The number of hydrogen-bond donors (Lipinski definition) is 2. The van der Waals surface area contributed by atoms with Crippen LogP contribution >= 0.6 is 0 Å². The van der Waals surface area contributed by atoms with Crippen molar-refractivity contribution < 1.29 is 14.7 Å². The van der Waals surface area contributed by atoms with E-state index in [-0.39, 0.29) is 11.5 Å². The van der Waals surface area contributed by atoms with E-state index in [9.17, 15) is 14.7 Å². The van der Waals surface area contributed by atoms with Crippen LogP contribution < -0.4 is 5.32 Å². The van der Waals surface area contributed by atoms with Crippen molar-refractivity contribution in [2.75, 3.05) is 5.32 Å². The first kappa shape index (κ1) is 15.2. The van der Waals surface area contributed by atoms with Gasteiger partial charge in [-0.1, -0.05) is 12.5 Å². The van der Waals surface area contributed by atoms with Gasteiger partial charge in [0, 0.05) is 29.6 Å². The van der Waals surface area contributed by atoms with Crippen molar-refractivity contribution in [1.82, 2.24) is 4.98 Å². The molecule has 23 heavy (non-hydrogen) atoms. The Hall–Kier alpha value is -2.69. The summed E-state index contributed by atoms with van der Waals surface area (Å²) in [5.74, 6) is -1.09. The molecule has 5 nitrogen and oxygen atoms in total. The highest BCUT2D eigenvalue weighted by Gasteiger charge is 2.14. The van der Waals surface area contributed by atoms with E-state index in [2.05, 4.69) is 10.3 Å². The van der Waals surface area contributed by atoms with E-state index < -0.39 is 5.97 Å². The molecule has 0 saturated carbocycles. The number of amides is 1. The molecule has 1 aliphatic rings. The van der Waals surface area contributed by atoms with Crippen LogP contribution in [0, 0.1) is 0 Å². The second-order valence-electron chi connectivity index (χ2n) is 5.71. The molecular formula is C18H18N2O3. The number of rotatable bonds is 1. The van der Waals surface area contributed by atoms with E-state index in [1.54, 1.807) is 18.3 Å². The quantitative estimate of drug-likeness (QED) is 0.845. The Morgan fingerprint density at radius 1 is 1.09 bits per heavy atom. The summed E-state index contributed by atoms with van der Waals surface area (Å²) in [5.41, 5.74) is 3.45. The van der Waals surface area contributed by atoms with Crippen molar-refractivity contribution in [3.05, 3.63) is 47.8 Å². The van der Waals surface area contributed by atoms with Crippen LogP contribution in [0.25, 0.3) is 11.1 Å². The lowest BCUT2D eigenvalue weighted by atomic mass is 9.99. The van der Waals surface area contributed by atoms with Crippen molar-refractivity contribution in [1.29, 1.82) is 0 Å². The lowest BCUT2D eigenvalue weighted by Crippen LogP contribution is -2.13. The Morgan fingerprint density at radius 3 is 2.74 bits per heavy atom. The number of fused-ring (bicyclic) bond motifs is 4. The molecule has 1 aliphatic heterocycles. The molecule has 3 rings (SSSR count). The summed E-state index contributed by atoms with van der Waals surface area (Å²) in [5, 5.41) is 12.0. The largest absolute Gasteiger partial charge is 0.478 e. The Kier molecular flexibility index (Phi) is 4.37. The molecule has 0 saturated heterocycles. The molecule has 0 radical (unpaired) electrons. The second kappa shape index (κ2) is 6.60. The summed E-state index contributed by atoms with van der Waals surface area (Å²) >= 11 is 0. The number of carbonyl (C=O) groups is 2. The first-order chi connectivity index (χ1) is 11.1. The molecule has 1 aromatic heterocycles. The summed E-state index contributed by atoms with van der Waals surface area (Å²) < 4.78 is 0. The Balaban J connectivity index is 2.10. The fourth-order valence-corrected chi connectivity index (χ4v) is 2.80. The van der Waals surface area contributed by atoms with Gasteiger partial charge in [0.05, 0.1) is 5.56 Å². The predicted molar refractivity (Wildman–Crippen MR) is 87.4 cm³/mol. The Morgan fingerprint density at radius 2 is 1.91 bits per heavy atom. The van der Waals surface area contributed by atoms with Gasteiger partial charge in [-0.3, -0.25) is 9.78 Å². The zero-order chi connectivity index (χ0) is 16.2. The number of hydrogen-bond acceptors (Lipinski definition) is 3. The number of aryl methyl sites for hydroxylation is 1. The molecule has 1 amide bonds. The average Bonchev–Trinajstić information content (AvgIpc) is 2.54. The number of aromatic nitrogens is 1. The van der Waals surface area contributed by atoms with E-state index in [1.807, 2.05) is 12.1 Å². The van der Waals surface area contributed by atoms with Crippen LogP contribution in [0.5, 0.6) is 0 Å². The van der Waals surface area contributed by atoms with Gasteiger partial charge in [-0.25, -0.2) is 4.79 Å². The number of pyridine rings is 1. The Bertz CT molecular complexity index is 756. The maximum absolute atomic E-state index is 12.1. The van der Waals surface area contributed by atoms with Gasteiger partial charge in [0.2, 0.25) is 5.91 Å². The maximum Gasteiger partial charge on any atom is 0.335 e. The summed E-state index contributed by atoms with van der Waals surface area (Å²) in [7, 11) is 0. The number of carboxylic acids is 1. The molecule has 2 bridgehead atoms. The highest BCUT2D eigenvalue weighted by molar-refractivity contribution is 5.98. The number of carbonyl (C=O) groups excluding carboxylic acids is 1. The third-order valence-electron chi connectivity index (χ3n) is 4.00.